The van der Waals surface area contributed by atoms with Crippen molar-refractivity contribution >= 4 is 11.9 Å². The zero-order chi connectivity index (χ0) is 13.1. The van der Waals surface area contributed by atoms with Crippen LogP contribution in [0, 0.1) is 0 Å². The van der Waals surface area contributed by atoms with Gasteiger partial charge in [0.1, 0.15) is 0 Å². The number of ether oxygens (including phenoxy) is 2. The molecule has 0 aliphatic carbocycles. The topological polar surface area (TPSA) is 109 Å². The van der Waals surface area contributed by atoms with Crippen molar-refractivity contribution in [1.82, 2.24) is 15.0 Å². The molecule has 94 valence electrons. The fourth-order valence-electron chi connectivity index (χ4n) is 1.51. The number of benzene rings is 1. The van der Waals surface area contributed by atoms with Gasteiger partial charge in [0.15, 0.2) is 17.3 Å². The summed E-state index contributed by atoms with van der Waals surface area (Å²) in [5.41, 5.74) is 11.8. The first-order valence-corrected chi connectivity index (χ1v) is 5.13. The van der Waals surface area contributed by atoms with Crippen LogP contribution in [0.15, 0.2) is 18.2 Å². The summed E-state index contributed by atoms with van der Waals surface area (Å²) in [5.74, 6) is 1.74. The van der Waals surface area contributed by atoms with Gasteiger partial charge in [-0.1, -0.05) is 0 Å². The zero-order valence-electron chi connectivity index (χ0n) is 10.0. The molecular formula is C11H13N5O2. The fourth-order valence-corrected chi connectivity index (χ4v) is 1.51. The number of hydrogen-bond acceptors (Lipinski definition) is 7. The fraction of sp³-hybridized carbons (Fsp3) is 0.182. The molecule has 1 heterocycles. The Balaban J connectivity index is 2.50. The highest BCUT2D eigenvalue weighted by atomic mass is 16.5. The van der Waals surface area contributed by atoms with E-state index in [1.807, 2.05) is 0 Å². The number of nitrogen functional groups attached to an aromatic ring is 2. The summed E-state index contributed by atoms with van der Waals surface area (Å²) in [7, 11) is 3.12. The van der Waals surface area contributed by atoms with E-state index in [0.29, 0.717) is 22.9 Å². The van der Waals surface area contributed by atoms with Gasteiger partial charge in [-0.05, 0) is 18.2 Å². The molecule has 7 nitrogen and oxygen atoms in total. The lowest BCUT2D eigenvalue weighted by Crippen LogP contribution is -2.04. The molecule has 0 unspecified atom stereocenters. The summed E-state index contributed by atoms with van der Waals surface area (Å²) in [6.07, 6.45) is 0. The summed E-state index contributed by atoms with van der Waals surface area (Å²) in [6, 6.07) is 5.28. The van der Waals surface area contributed by atoms with Crippen LogP contribution in [0.25, 0.3) is 11.4 Å². The SMILES string of the molecule is COc1ccc(-c2nc(N)nc(N)n2)cc1OC. The Morgan fingerprint density at radius 3 is 2.06 bits per heavy atom. The quantitative estimate of drug-likeness (QED) is 0.822. The average Bonchev–Trinajstić information content (AvgIpc) is 2.36. The molecule has 0 aliphatic heterocycles. The first-order valence-electron chi connectivity index (χ1n) is 5.13. The predicted molar refractivity (Wildman–Crippen MR) is 67.2 cm³/mol. The molecule has 0 atom stereocenters. The maximum atomic E-state index is 5.53. The third-order valence-corrected chi connectivity index (χ3v) is 2.31. The average molecular weight is 247 g/mol. The molecule has 0 saturated carbocycles. The van der Waals surface area contributed by atoms with E-state index in [-0.39, 0.29) is 11.9 Å². The van der Waals surface area contributed by atoms with Crippen molar-refractivity contribution in [1.29, 1.82) is 0 Å². The minimum atomic E-state index is 0.0762. The maximum absolute atomic E-state index is 5.53. The second-order valence-corrected chi connectivity index (χ2v) is 3.45. The maximum Gasteiger partial charge on any atom is 0.225 e. The minimum absolute atomic E-state index is 0.0762. The Hall–Kier alpha value is -2.57. The largest absolute Gasteiger partial charge is 0.493 e. The van der Waals surface area contributed by atoms with Crippen molar-refractivity contribution < 1.29 is 9.47 Å². The second-order valence-electron chi connectivity index (χ2n) is 3.45. The van der Waals surface area contributed by atoms with Crippen LogP contribution < -0.4 is 20.9 Å². The molecule has 1 aromatic carbocycles. The van der Waals surface area contributed by atoms with E-state index in [2.05, 4.69) is 15.0 Å². The molecule has 0 amide bonds. The van der Waals surface area contributed by atoms with Crippen molar-refractivity contribution in [2.75, 3.05) is 25.7 Å². The van der Waals surface area contributed by atoms with Gasteiger partial charge >= 0.3 is 0 Å². The van der Waals surface area contributed by atoms with Gasteiger partial charge in [0.05, 0.1) is 14.2 Å². The molecule has 0 aliphatic rings. The third kappa shape index (κ3) is 2.24. The summed E-state index contributed by atoms with van der Waals surface area (Å²) < 4.78 is 10.3. The first-order chi connectivity index (χ1) is 8.63. The molecule has 0 fully saturated rings. The van der Waals surface area contributed by atoms with E-state index in [4.69, 9.17) is 20.9 Å². The van der Waals surface area contributed by atoms with E-state index in [0.717, 1.165) is 0 Å². The lowest BCUT2D eigenvalue weighted by molar-refractivity contribution is 0.355. The Kier molecular flexibility index (Phi) is 3.13. The van der Waals surface area contributed by atoms with Crippen molar-refractivity contribution in [3.8, 4) is 22.9 Å². The molecule has 2 aromatic rings. The molecule has 0 spiro atoms. The second kappa shape index (κ2) is 4.74. The van der Waals surface area contributed by atoms with Crippen LogP contribution in [0.5, 0.6) is 11.5 Å². The molecule has 0 radical (unpaired) electrons. The van der Waals surface area contributed by atoms with Crippen molar-refractivity contribution in [2.24, 2.45) is 0 Å². The van der Waals surface area contributed by atoms with Crippen molar-refractivity contribution in [2.45, 2.75) is 0 Å². The van der Waals surface area contributed by atoms with Crippen LogP contribution in [0.3, 0.4) is 0 Å². The summed E-state index contributed by atoms with van der Waals surface area (Å²) >= 11 is 0. The molecule has 0 bridgehead atoms. The lowest BCUT2D eigenvalue weighted by atomic mass is 10.2. The van der Waals surface area contributed by atoms with Crippen LogP contribution in [0.2, 0.25) is 0 Å². The number of hydrogen-bond donors (Lipinski definition) is 2. The standard InChI is InChI=1S/C11H13N5O2/c1-17-7-4-3-6(5-8(7)18-2)9-14-10(12)16-11(13)15-9/h3-5H,1-2H3,(H4,12,13,14,15,16). The number of nitrogens with zero attached hydrogens (tertiary/aromatic N) is 3. The summed E-state index contributed by atoms with van der Waals surface area (Å²) in [5, 5.41) is 0. The van der Waals surface area contributed by atoms with E-state index in [9.17, 15) is 0 Å². The van der Waals surface area contributed by atoms with Gasteiger partial charge in [-0.25, -0.2) is 0 Å². The molecule has 18 heavy (non-hydrogen) atoms. The third-order valence-electron chi connectivity index (χ3n) is 2.31. The van der Waals surface area contributed by atoms with E-state index in [1.165, 1.54) is 0 Å². The Morgan fingerprint density at radius 2 is 1.50 bits per heavy atom. The van der Waals surface area contributed by atoms with Gasteiger partial charge < -0.3 is 20.9 Å². The number of aromatic nitrogens is 3. The van der Waals surface area contributed by atoms with Crippen molar-refractivity contribution in [3.63, 3.8) is 0 Å². The van der Waals surface area contributed by atoms with Gasteiger partial charge in [0.2, 0.25) is 11.9 Å². The summed E-state index contributed by atoms with van der Waals surface area (Å²) in [4.78, 5) is 11.7. The molecular weight excluding hydrogens is 234 g/mol. The van der Waals surface area contributed by atoms with Gasteiger partial charge in [-0.15, -0.1) is 0 Å². The van der Waals surface area contributed by atoms with Gasteiger partial charge in [0.25, 0.3) is 0 Å². The number of anilines is 2. The number of methoxy groups -OCH3 is 2. The zero-order valence-corrected chi connectivity index (χ0v) is 10.0. The highest BCUT2D eigenvalue weighted by Gasteiger charge is 2.09. The Bertz CT molecular complexity index is 553. The van der Waals surface area contributed by atoms with Crippen LogP contribution in [-0.4, -0.2) is 29.2 Å². The normalized spacial score (nSPS) is 10.1. The monoisotopic (exact) mass is 247 g/mol. The number of rotatable bonds is 3. The van der Waals surface area contributed by atoms with Gasteiger partial charge in [-0.2, -0.15) is 15.0 Å². The van der Waals surface area contributed by atoms with E-state index < -0.39 is 0 Å². The molecule has 0 saturated heterocycles. The van der Waals surface area contributed by atoms with Crippen LogP contribution >= 0.6 is 0 Å². The molecule has 1 aromatic heterocycles. The van der Waals surface area contributed by atoms with Gasteiger partial charge in [0, 0.05) is 5.56 Å². The lowest BCUT2D eigenvalue weighted by Gasteiger charge is -2.09. The molecule has 7 heteroatoms. The highest BCUT2D eigenvalue weighted by molar-refractivity contribution is 5.62. The van der Waals surface area contributed by atoms with Crippen LogP contribution in [-0.2, 0) is 0 Å². The molecule has 4 N–H and O–H groups in total. The first kappa shape index (κ1) is 11.9. The van der Waals surface area contributed by atoms with Crippen LogP contribution in [0.4, 0.5) is 11.9 Å². The summed E-state index contributed by atoms with van der Waals surface area (Å²) in [6.45, 7) is 0. The van der Waals surface area contributed by atoms with Crippen molar-refractivity contribution in [3.05, 3.63) is 18.2 Å². The molecule has 2 rings (SSSR count). The smallest absolute Gasteiger partial charge is 0.225 e. The minimum Gasteiger partial charge on any atom is -0.493 e. The highest BCUT2D eigenvalue weighted by Crippen LogP contribution is 2.31. The van der Waals surface area contributed by atoms with Gasteiger partial charge in [-0.3, -0.25) is 0 Å². The Labute approximate surface area is 104 Å². The number of nitrogens with two attached hydrogens (primary N) is 2. The van der Waals surface area contributed by atoms with E-state index >= 15 is 0 Å². The predicted octanol–water partition coefficient (Wildman–Crippen LogP) is 0.720. The van der Waals surface area contributed by atoms with Crippen LogP contribution in [0.1, 0.15) is 0 Å². The Morgan fingerprint density at radius 1 is 0.889 bits per heavy atom. The van der Waals surface area contributed by atoms with E-state index in [1.54, 1.807) is 32.4 Å².